The first-order chi connectivity index (χ1) is 8.33. The van der Waals surface area contributed by atoms with Gasteiger partial charge in [-0.2, -0.15) is 0 Å². The molecule has 4 heteroatoms. The molecule has 86 valence electrons. The summed E-state index contributed by atoms with van der Waals surface area (Å²) in [5.74, 6) is 0.741. The zero-order valence-electron chi connectivity index (χ0n) is 9.14. The second-order valence-corrected chi connectivity index (χ2v) is 4.46. The van der Waals surface area contributed by atoms with Gasteiger partial charge in [0, 0.05) is 11.8 Å². The monoisotopic (exact) mass is 246 g/mol. The molecule has 17 heavy (non-hydrogen) atoms. The minimum atomic E-state index is 0.341. The Morgan fingerprint density at radius 1 is 1.24 bits per heavy atom. The van der Waals surface area contributed by atoms with Crippen molar-refractivity contribution in [3.05, 3.63) is 41.8 Å². The first-order valence-electron chi connectivity index (χ1n) is 5.55. The predicted octanol–water partition coefficient (Wildman–Crippen LogP) is 3.34. The highest BCUT2D eigenvalue weighted by molar-refractivity contribution is 6.32. The van der Waals surface area contributed by atoms with Gasteiger partial charge in [0.25, 0.3) is 0 Å². The number of ether oxygens (including phenoxy) is 1. The zero-order valence-corrected chi connectivity index (χ0v) is 9.89. The molecular weight excluding hydrogens is 236 g/mol. The Kier molecular flexibility index (Phi) is 2.69. The summed E-state index contributed by atoms with van der Waals surface area (Å²) in [7, 11) is 0. The highest BCUT2D eigenvalue weighted by atomic mass is 35.5. The third-order valence-corrected chi connectivity index (χ3v) is 2.94. The lowest BCUT2D eigenvalue weighted by Crippen LogP contribution is -1.97. The van der Waals surface area contributed by atoms with E-state index in [1.807, 2.05) is 24.3 Å². The van der Waals surface area contributed by atoms with Gasteiger partial charge in [-0.15, -0.1) is 0 Å². The van der Waals surface area contributed by atoms with Crippen LogP contribution in [-0.4, -0.2) is 16.1 Å². The number of hydrogen-bond donors (Lipinski definition) is 0. The van der Waals surface area contributed by atoms with Crippen LogP contribution in [0.2, 0.25) is 5.02 Å². The molecule has 3 rings (SSSR count). The lowest BCUT2D eigenvalue weighted by molar-refractivity contribution is 0.303. The van der Waals surface area contributed by atoms with E-state index < -0.39 is 0 Å². The van der Waals surface area contributed by atoms with Crippen molar-refractivity contribution < 1.29 is 4.74 Å². The number of nitrogens with zero attached hydrogens (tertiary/aromatic N) is 2. The van der Waals surface area contributed by atoms with Gasteiger partial charge in [0.2, 0.25) is 0 Å². The maximum absolute atomic E-state index is 6.10. The molecule has 0 bridgehead atoms. The second kappa shape index (κ2) is 4.34. The quantitative estimate of drug-likeness (QED) is 0.833. The third-order valence-electron chi connectivity index (χ3n) is 2.63. The summed E-state index contributed by atoms with van der Waals surface area (Å²) >= 11 is 6.10. The maximum atomic E-state index is 6.10. The van der Waals surface area contributed by atoms with Crippen molar-refractivity contribution in [3.63, 3.8) is 0 Å². The summed E-state index contributed by atoms with van der Waals surface area (Å²) in [5.41, 5.74) is 1.87. The predicted molar refractivity (Wildman–Crippen MR) is 66.1 cm³/mol. The summed E-state index contributed by atoms with van der Waals surface area (Å²) in [6.07, 6.45) is 5.83. The minimum Gasteiger partial charge on any atom is -0.489 e. The van der Waals surface area contributed by atoms with Crippen molar-refractivity contribution in [2.24, 2.45) is 0 Å². The van der Waals surface area contributed by atoms with Gasteiger partial charge in [-0.05, 0) is 31.0 Å². The van der Waals surface area contributed by atoms with Crippen LogP contribution in [0.3, 0.4) is 0 Å². The standard InChI is InChI=1S/C13H11ClN2O/c14-11-4-1-9(12-5-6-15-8-16-12)7-13(11)17-10-2-3-10/h1,4-8,10H,2-3H2. The minimum absolute atomic E-state index is 0.341. The molecule has 1 aliphatic carbocycles. The average Bonchev–Trinajstić information content (AvgIpc) is 3.17. The van der Waals surface area contributed by atoms with E-state index in [9.17, 15) is 0 Å². The fraction of sp³-hybridized carbons (Fsp3) is 0.231. The Bertz CT molecular complexity index is 526. The summed E-state index contributed by atoms with van der Waals surface area (Å²) in [6.45, 7) is 0. The molecule has 1 fully saturated rings. The fourth-order valence-electron chi connectivity index (χ4n) is 1.58. The van der Waals surface area contributed by atoms with Crippen molar-refractivity contribution in [1.82, 2.24) is 9.97 Å². The Morgan fingerprint density at radius 2 is 2.12 bits per heavy atom. The molecule has 0 unspecified atom stereocenters. The van der Waals surface area contributed by atoms with Crippen LogP contribution in [0.5, 0.6) is 5.75 Å². The van der Waals surface area contributed by atoms with Gasteiger partial charge in [-0.25, -0.2) is 9.97 Å². The van der Waals surface area contributed by atoms with E-state index in [0.717, 1.165) is 29.8 Å². The van der Waals surface area contributed by atoms with Crippen LogP contribution in [0.1, 0.15) is 12.8 Å². The van der Waals surface area contributed by atoms with Gasteiger partial charge in [-0.1, -0.05) is 17.7 Å². The van der Waals surface area contributed by atoms with Gasteiger partial charge in [0.05, 0.1) is 16.8 Å². The molecule has 2 aromatic rings. The smallest absolute Gasteiger partial charge is 0.138 e. The van der Waals surface area contributed by atoms with Gasteiger partial charge < -0.3 is 4.74 Å². The summed E-state index contributed by atoms with van der Waals surface area (Å²) in [5, 5.41) is 0.648. The lowest BCUT2D eigenvalue weighted by Gasteiger charge is -2.08. The Hall–Kier alpha value is -1.61. The number of aromatic nitrogens is 2. The zero-order chi connectivity index (χ0) is 11.7. The summed E-state index contributed by atoms with van der Waals surface area (Å²) in [4.78, 5) is 8.11. The van der Waals surface area contributed by atoms with Crippen LogP contribution in [0.4, 0.5) is 0 Å². The summed E-state index contributed by atoms with van der Waals surface area (Å²) < 4.78 is 5.74. The van der Waals surface area contributed by atoms with E-state index in [-0.39, 0.29) is 0 Å². The topological polar surface area (TPSA) is 35.0 Å². The molecular formula is C13H11ClN2O. The van der Waals surface area contributed by atoms with Crippen molar-refractivity contribution in [3.8, 4) is 17.0 Å². The first kappa shape index (κ1) is 10.5. The van der Waals surface area contributed by atoms with Gasteiger partial charge in [-0.3, -0.25) is 0 Å². The van der Waals surface area contributed by atoms with E-state index in [0.29, 0.717) is 11.1 Å². The summed E-state index contributed by atoms with van der Waals surface area (Å²) in [6, 6.07) is 7.58. The van der Waals surface area contributed by atoms with Gasteiger partial charge in [0.15, 0.2) is 0 Å². The molecule has 1 heterocycles. The molecule has 0 saturated heterocycles. The highest BCUT2D eigenvalue weighted by Crippen LogP contribution is 2.34. The van der Waals surface area contributed by atoms with Crippen LogP contribution in [0.15, 0.2) is 36.8 Å². The fourth-order valence-corrected chi connectivity index (χ4v) is 1.74. The Labute approximate surface area is 104 Å². The second-order valence-electron chi connectivity index (χ2n) is 4.06. The first-order valence-corrected chi connectivity index (χ1v) is 5.93. The van der Waals surface area contributed by atoms with E-state index in [1.54, 1.807) is 6.20 Å². The van der Waals surface area contributed by atoms with E-state index in [1.165, 1.54) is 6.33 Å². The number of benzene rings is 1. The third kappa shape index (κ3) is 2.39. The van der Waals surface area contributed by atoms with Crippen LogP contribution < -0.4 is 4.74 Å². The maximum Gasteiger partial charge on any atom is 0.138 e. The van der Waals surface area contributed by atoms with Crippen molar-refractivity contribution in [2.45, 2.75) is 18.9 Å². The molecule has 3 nitrogen and oxygen atoms in total. The van der Waals surface area contributed by atoms with Crippen molar-refractivity contribution >= 4 is 11.6 Å². The van der Waals surface area contributed by atoms with Crippen LogP contribution in [-0.2, 0) is 0 Å². The van der Waals surface area contributed by atoms with E-state index in [2.05, 4.69) is 9.97 Å². The molecule has 0 aliphatic heterocycles. The molecule has 0 amide bonds. The van der Waals surface area contributed by atoms with Crippen molar-refractivity contribution in [1.29, 1.82) is 0 Å². The molecule has 0 atom stereocenters. The average molecular weight is 247 g/mol. The normalized spacial score (nSPS) is 14.6. The van der Waals surface area contributed by atoms with Crippen LogP contribution >= 0.6 is 11.6 Å². The van der Waals surface area contributed by atoms with Gasteiger partial charge in [0.1, 0.15) is 12.1 Å². The largest absolute Gasteiger partial charge is 0.489 e. The number of halogens is 1. The van der Waals surface area contributed by atoms with E-state index in [4.69, 9.17) is 16.3 Å². The van der Waals surface area contributed by atoms with Crippen LogP contribution in [0, 0.1) is 0 Å². The number of rotatable bonds is 3. The Balaban J connectivity index is 1.95. The SMILES string of the molecule is Clc1ccc(-c2ccncn2)cc1OC1CC1. The molecule has 1 aliphatic rings. The molecule has 0 spiro atoms. The molecule has 1 aromatic heterocycles. The van der Waals surface area contributed by atoms with Crippen molar-refractivity contribution in [2.75, 3.05) is 0 Å². The van der Waals surface area contributed by atoms with E-state index >= 15 is 0 Å². The number of hydrogen-bond acceptors (Lipinski definition) is 3. The Morgan fingerprint density at radius 3 is 2.82 bits per heavy atom. The van der Waals surface area contributed by atoms with Crippen LogP contribution in [0.25, 0.3) is 11.3 Å². The molecule has 0 N–H and O–H groups in total. The highest BCUT2D eigenvalue weighted by Gasteiger charge is 2.24. The van der Waals surface area contributed by atoms with Gasteiger partial charge >= 0.3 is 0 Å². The lowest BCUT2D eigenvalue weighted by atomic mass is 10.1. The molecule has 1 aromatic carbocycles. The molecule has 0 radical (unpaired) electrons. The molecule has 1 saturated carbocycles.